The van der Waals surface area contributed by atoms with Crippen LogP contribution in [0.3, 0.4) is 0 Å². The second kappa shape index (κ2) is 10.4. The van der Waals surface area contributed by atoms with E-state index >= 15 is 0 Å². The van der Waals surface area contributed by atoms with E-state index in [4.69, 9.17) is 4.74 Å². The maximum Gasteiger partial charge on any atom is 0.218 e. The molecule has 0 unspecified atom stereocenters. The molecule has 2 heterocycles. The molecule has 0 aliphatic rings. The Hall–Kier alpha value is -1.42. The van der Waals surface area contributed by atoms with E-state index in [-0.39, 0.29) is 24.0 Å². The molecular formula is C15H22IN5OS. The van der Waals surface area contributed by atoms with Gasteiger partial charge < -0.3 is 15.4 Å². The van der Waals surface area contributed by atoms with E-state index in [1.54, 1.807) is 31.7 Å². The van der Waals surface area contributed by atoms with Gasteiger partial charge in [0.1, 0.15) is 0 Å². The van der Waals surface area contributed by atoms with Gasteiger partial charge in [0.2, 0.25) is 5.88 Å². The van der Waals surface area contributed by atoms with Gasteiger partial charge in [-0.05, 0) is 13.0 Å². The summed E-state index contributed by atoms with van der Waals surface area (Å²) in [6.45, 7) is 3.46. The number of aliphatic imine (C=N–C) groups is 1. The molecule has 0 atom stereocenters. The molecule has 126 valence electrons. The molecule has 0 saturated heterocycles. The first-order valence-corrected chi connectivity index (χ1v) is 7.88. The highest BCUT2D eigenvalue weighted by Crippen LogP contribution is 2.13. The van der Waals surface area contributed by atoms with Gasteiger partial charge in [0.05, 0.1) is 12.1 Å². The Kier molecular flexibility index (Phi) is 8.85. The molecule has 0 radical (unpaired) electrons. The molecule has 2 aromatic heterocycles. The summed E-state index contributed by atoms with van der Waals surface area (Å²) in [5.74, 6) is 1.38. The number of methoxy groups -OCH3 is 1. The Bertz CT molecular complexity index is 632. The van der Waals surface area contributed by atoms with Gasteiger partial charge >= 0.3 is 0 Å². The molecule has 0 aromatic carbocycles. The second-order valence-electron chi connectivity index (χ2n) is 4.64. The summed E-state index contributed by atoms with van der Waals surface area (Å²) in [6.07, 6.45) is 4.50. The molecule has 0 amide bonds. The molecule has 2 aromatic rings. The number of guanidine groups is 1. The highest BCUT2D eigenvalue weighted by molar-refractivity contribution is 14.0. The van der Waals surface area contributed by atoms with E-state index < -0.39 is 0 Å². The van der Waals surface area contributed by atoms with Gasteiger partial charge in [-0.15, -0.1) is 35.3 Å². The zero-order valence-corrected chi connectivity index (χ0v) is 16.6. The number of ether oxygens (including phenoxy) is 1. The molecule has 6 nitrogen and oxygen atoms in total. The summed E-state index contributed by atoms with van der Waals surface area (Å²) in [5.41, 5.74) is 0.989. The Labute approximate surface area is 157 Å². The third-order valence-electron chi connectivity index (χ3n) is 3.01. The molecule has 0 saturated carbocycles. The van der Waals surface area contributed by atoms with Crippen LogP contribution in [0.15, 0.2) is 29.5 Å². The first-order chi connectivity index (χ1) is 10.7. The fourth-order valence-electron chi connectivity index (χ4n) is 1.95. The molecule has 23 heavy (non-hydrogen) atoms. The van der Waals surface area contributed by atoms with Gasteiger partial charge in [-0.25, -0.2) is 9.97 Å². The second-order valence-corrected chi connectivity index (χ2v) is 5.96. The SMILES string of the molecule is CN=C(NCCc1ncc(C)s1)NCc1cccnc1OC.I. The fraction of sp³-hybridized carbons (Fsp3) is 0.400. The monoisotopic (exact) mass is 447 g/mol. The van der Waals surface area contributed by atoms with E-state index in [0.717, 1.165) is 29.5 Å². The fourth-order valence-corrected chi connectivity index (χ4v) is 2.73. The Morgan fingerprint density at radius 2 is 2.17 bits per heavy atom. The average molecular weight is 447 g/mol. The minimum Gasteiger partial charge on any atom is -0.481 e. The number of hydrogen-bond donors (Lipinski definition) is 2. The molecule has 0 bridgehead atoms. The Balaban J connectivity index is 0.00000264. The van der Waals surface area contributed by atoms with Crippen LogP contribution in [0, 0.1) is 6.92 Å². The van der Waals surface area contributed by atoms with Crippen molar-refractivity contribution in [3.63, 3.8) is 0 Å². The maximum atomic E-state index is 5.23. The number of aromatic nitrogens is 2. The van der Waals surface area contributed by atoms with Crippen LogP contribution >= 0.6 is 35.3 Å². The lowest BCUT2D eigenvalue weighted by atomic mass is 10.2. The smallest absolute Gasteiger partial charge is 0.218 e. The number of hydrogen-bond acceptors (Lipinski definition) is 5. The number of halogens is 1. The molecule has 2 rings (SSSR count). The van der Waals surface area contributed by atoms with Gasteiger partial charge in [-0.1, -0.05) is 6.07 Å². The maximum absolute atomic E-state index is 5.23. The topological polar surface area (TPSA) is 71.4 Å². The van der Waals surface area contributed by atoms with Crippen molar-refractivity contribution in [2.75, 3.05) is 20.7 Å². The summed E-state index contributed by atoms with van der Waals surface area (Å²) >= 11 is 1.73. The highest BCUT2D eigenvalue weighted by atomic mass is 127. The Morgan fingerprint density at radius 3 is 2.83 bits per heavy atom. The number of nitrogens with zero attached hydrogens (tertiary/aromatic N) is 3. The average Bonchev–Trinajstić information content (AvgIpc) is 2.96. The van der Waals surface area contributed by atoms with Gasteiger partial charge in [0.25, 0.3) is 0 Å². The van der Waals surface area contributed by atoms with Crippen molar-refractivity contribution in [1.29, 1.82) is 0 Å². The van der Waals surface area contributed by atoms with Crippen LogP contribution in [0.5, 0.6) is 5.88 Å². The van der Waals surface area contributed by atoms with E-state index in [1.165, 1.54) is 4.88 Å². The number of nitrogens with one attached hydrogen (secondary N) is 2. The third-order valence-corrected chi connectivity index (χ3v) is 3.99. The molecule has 0 fully saturated rings. The third kappa shape index (κ3) is 6.30. The van der Waals surface area contributed by atoms with Gasteiger partial charge in [-0.2, -0.15) is 0 Å². The summed E-state index contributed by atoms with van der Waals surface area (Å²) in [4.78, 5) is 14.0. The number of rotatable bonds is 6. The number of pyridine rings is 1. The predicted molar refractivity (Wildman–Crippen MR) is 105 cm³/mol. The van der Waals surface area contributed by atoms with Crippen LogP contribution in [0.2, 0.25) is 0 Å². The summed E-state index contributed by atoms with van der Waals surface area (Å²) in [6, 6.07) is 3.87. The zero-order chi connectivity index (χ0) is 15.8. The lowest BCUT2D eigenvalue weighted by molar-refractivity contribution is 0.392. The molecule has 0 aliphatic carbocycles. The summed E-state index contributed by atoms with van der Waals surface area (Å²) in [7, 11) is 3.37. The van der Waals surface area contributed by atoms with E-state index in [1.807, 2.05) is 18.3 Å². The molecule has 8 heteroatoms. The van der Waals surface area contributed by atoms with E-state index in [0.29, 0.717) is 12.4 Å². The van der Waals surface area contributed by atoms with Crippen molar-refractivity contribution < 1.29 is 4.74 Å². The molecule has 0 spiro atoms. The first kappa shape index (κ1) is 19.6. The van der Waals surface area contributed by atoms with Crippen molar-refractivity contribution in [2.45, 2.75) is 19.9 Å². The quantitative estimate of drug-likeness (QED) is 0.404. The lowest BCUT2D eigenvalue weighted by Gasteiger charge is -2.12. The van der Waals surface area contributed by atoms with Gasteiger partial charge in [0.15, 0.2) is 5.96 Å². The highest BCUT2D eigenvalue weighted by Gasteiger charge is 2.05. The summed E-state index contributed by atoms with van der Waals surface area (Å²) < 4.78 is 5.23. The van der Waals surface area contributed by atoms with Crippen molar-refractivity contribution in [1.82, 2.24) is 20.6 Å². The van der Waals surface area contributed by atoms with Crippen LogP contribution < -0.4 is 15.4 Å². The van der Waals surface area contributed by atoms with Crippen LogP contribution in [-0.2, 0) is 13.0 Å². The molecule has 0 aliphatic heterocycles. The standard InChI is InChI=1S/C15H21N5OS.HI/c1-11-9-19-13(22-11)6-8-18-15(16-2)20-10-12-5-4-7-17-14(12)21-3;/h4-5,7,9H,6,8,10H2,1-3H3,(H2,16,18,20);1H. The van der Waals surface area contributed by atoms with Gasteiger partial charge in [0, 0.05) is 49.4 Å². The van der Waals surface area contributed by atoms with Gasteiger partial charge in [-0.3, -0.25) is 4.99 Å². The largest absolute Gasteiger partial charge is 0.481 e. The van der Waals surface area contributed by atoms with Crippen molar-refractivity contribution >= 4 is 41.3 Å². The predicted octanol–water partition coefficient (Wildman–Crippen LogP) is 2.38. The molecule has 2 N–H and O–H groups in total. The van der Waals surface area contributed by atoms with Crippen LogP contribution in [0.25, 0.3) is 0 Å². The first-order valence-electron chi connectivity index (χ1n) is 7.06. The van der Waals surface area contributed by atoms with E-state index in [2.05, 4.69) is 32.5 Å². The van der Waals surface area contributed by atoms with Crippen LogP contribution in [0.4, 0.5) is 0 Å². The summed E-state index contributed by atoms with van der Waals surface area (Å²) in [5, 5.41) is 7.67. The number of aryl methyl sites for hydroxylation is 1. The van der Waals surface area contributed by atoms with Crippen LogP contribution in [-0.4, -0.2) is 36.6 Å². The van der Waals surface area contributed by atoms with Crippen molar-refractivity contribution in [3.05, 3.63) is 40.0 Å². The number of thiazole rings is 1. The van der Waals surface area contributed by atoms with Crippen molar-refractivity contribution in [2.24, 2.45) is 4.99 Å². The van der Waals surface area contributed by atoms with Crippen molar-refractivity contribution in [3.8, 4) is 5.88 Å². The minimum atomic E-state index is 0. The van der Waals surface area contributed by atoms with Crippen LogP contribution in [0.1, 0.15) is 15.4 Å². The Morgan fingerprint density at radius 1 is 1.35 bits per heavy atom. The molecular weight excluding hydrogens is 425 g/mol. The normalized spacial score (nSPS) is 10.8. The minimum absolute atomic E-state index is 0. The van der Waals surface area contributed by atoms with E-state index in [9.17, 15) is 0 Å². The zero-order valence-electron chi connectivity index (χ0n) is 13.5. The lowest BCUT2D eigenvalue weighted by Crippen LogP contribution is -2.37.